The molecule has 0 aliphatic heterocycles. The zero-order valence-electron chi connectivity index (χ0n) is 13.7. The predicted octanol–water partition coefficient (Wildman–Crippen LogP) is 5.62. The fourth-order valence-electron chi connectivity index (χ4n) is 1.79. The van der Waals surface area contributed by atoms with Crippen LogP contribution in [0.25, 0.3) is 0 Å². The Morgan fingerprint density at radius 2 is 1.63 bits per heavy atom. The lowest BCUT2D eigenvalue weighted by Gasteiger charge is -2.10. The van der Waals surface area contributed by atoms with Gasteiger partial charge in [-0.05, 0) is 37.0 Å². The Bertz CT molecular complexity index is 240. The molecule has 0 fully saturated rings. The molecule has 0 aromatic rings. The van der Waals surface area contributed by atoms with E-state index in [0.717, 1.165) is 26.1 Å². The SMILES string of the molecule is CCCCOCC(C)CC=CC(C)CC=CC(C)C. The summed E-state index contributed by atoms with van der Waals surface area (Å²) in [5.41, 5.74) is 0. The summed E-state index contributed by atoms with van der Waals surface area (Å²) < 4.78 is 5.64. The summed E-state index contributed by atoms with van der Waals surface area (Å²) in [7, 11) is 0. The lowest BCUT2D eigenvalue weighted by atomic mass is 10.0. The van der Waals surface area contributed by atoms with Gasteiger partial charge in [0.2, 0.25) is 0 Å². The first-order valence-corrected chi connectivity index (χ1v) is 7.97. The Morgan fingerprint density at radius 1 is 0.947 bits per heavy atom. The van der Waals surface area contributed by atoms with Crippen LogP contribution in [0.15, 0.2) is 24.3 Å². The van der Waals surface area contributed by atoms with Gasteiger partial charge in [-0.3, -0.25) is 0 Å². The van der Waals surface area contributed by atoms with Crippen LogP contribution in [-0.2, 0) is 4.74 Å². The van der Waals surface area contributed by atoms with Crippen molar-refractivity contribution in [3.8, 4) is 0 Å². The third-order valence-corrected chi connectivity index (χ3v) is 3.08. The molecule has 0 radical (unpaired) electrons. The molecule has 0 spiro atoms. The number of hydrogen-bond acceptors (Lipinski definition) is 1. The predicted molar refractivity (Wildman–Crippen MR) is 86.4 cm³/mol. The van der Waals surface area contributed by atoms with E-state index in [1.54, 1.807) is 0 Å². The Hall–Kier alpha value is -0.560. The Balaban J connectivity index is 3.64. The molecule has 19 heavy (non-hydrogen) atoms. The highest BCUT2D eigenvalue weighted by molar-refractivity contribution is 4.93. The van der Waals surface area contributed by atoms with Crippen molar-refractivity contribution in [3.63, 3.8) is 0 Å². The summed E-state index contributed by atoms with van der Waals surface area (Å²) in [5, 5.41) is 0. The lowest BCUT2D eigenvalue weighted by molar-refractivity contribution is 0.103. The van der Waals surface area contributed by atoms with Crippen LogP contribution in [0.4, 0.5) is 0 Å². The molecule has 2 atom stereocenters. The van der Waals surface area contributed by atoms with Crippen molar-refractivity contribution in [3.05, 3.63) is 24.3 Å². The normalized spacial score (nSPS) is 15.7. The maximum Gasteiger partial charge on any atom is 0.0494 e. The van der Waals surface area contributed by atoms with Gasteiger partial charge in [0.15, 0.2) is 0 Å². The van der Waals surface area contributed by atoms with Crippen LogP contribution in [0.2, 0.25) is 0 Å². The molecule has 0 heterocycles. The van der Waals surface area contributed by atoms with Crippen LogP contribution in [-0.4, -0.2) is 13.2 Å². The van der Waals surface area contributed by atoms with E-state index >= 15 is 0 Å². The fourth-order valence-corrected chi connectivity index (χ4v) is 1.79. The Morgan fingerprint density at radius 3 is 2.26 bits per heavy atom. The molecule has 0 rings (SSSR count). The van der Waals surface area contributed by atoms with Gasteiger partial charge in [-0.2, -0.15) is 0 Å². The molecule has 0 aliphatic carbocycles. The van der Waals surface area contributed by atoms with Gasteiger partial charge in [-0.25, -0.2) is 0 Å². The summed E-state index contributed by atoms with van der Waals surface area (Å²) in [5.74, 6) is 1.94. The van der Waals surface area contributed by atoms with E-state index in [2.05, 4.69) is 58.9 Å². The second-order valence-corrected chi connectivity index (χ2v) is 6.08. The molecule has 0 aromatic carbocycles. The molecule has 0 N–H and O–H groups in total. The Kier molecular flexibility index (Phi) is 12.1. The smallest absolute Gasteiger partial charge is 0.0494 e. The zero-order chi connectivity index (χ0) is 14.5. The maximum atomic E-state index is 5.64. The zero-order valence-corrected chi connectivity index (χ0v) is 13.7. The van der Waals surface area contributed by atoms with E-state index in [4.69, 9.17) is 4.74 Å². The highest BCUT2D eigenvalue weighted by Gasteiger charge is 2.00. The van der Waals surface area contributed by atoms with Gasteiger partial charge in [-0.1, -0.05) is 65.3 Å². The van der Waals surface area contributed by atoms with Gasteiger partial charge in [0.25, 0.3) is 0 Å². The minimum Gasteiger partial charge on any atom is -0.381 e. The van der Waals surface area contributed by atoms with Crippen LogP contribution < -0.4 is 0 Å². The first-order valence-electron chi connectivity index (χ1n) is 7.97. The summed E-state index contributed by atoms with van der Waals surface area (Å²) in [6.45, 7) is 13.0. The monoisotopic (exact) mass is 266 g/mol. The standard InChI is InChI=1S/C18H34O/c1-6-7-14-19-15-18(5)13-9-12-17(4)11-8-10-16(2)3/h8-10,12,16-18H,6-7,11,13-15H2,1-5H3. The fraction of sp³-hybridized carbons (Fsp3) is 0.778. The van der Waals surface area contributed by atoms with Crippen LogP contribution >= 0.6 is 0 Å². The van der Waals surface area contributed by atoms with Crippen LogP contribution in [0.3, 0.4) is 0 Å². The minimum atomic E-state index is 0.631. The molecule has 2 unspecified atom stereocenters. The lowest BCUT2D eigenvalue weighted by Crippen LogP contribution is -2.06. The van der Waals surface area contributed by atoms with E-state index in [0.29, 0.717) is 17.8 Å². The second-order valence-electron chi connectivity index (χ2n) is 6.08. The summed E-state index contributed by atoms with van der Waals surface area (Å²) in [6.07, 6.45) is 13.9. The first kappa shape index (κ1) is 18.4. The number of hydrogen-bond donors (Lipinski definition) is 0. The number of rotatable bonds is 11. The topological polar surface area (TPSA) is 9.23 Å². The van der Waals surface area contributed by atoms with Crippen molar-refractivity contribution in [2.24, 2.45) is 17.8 Å². The molecule has 0 saturated carbocycles. The quantitative estimate of drug-likeness (QED) is 0.348. The summed E-state index contributed by atoms with van der Waals surface area (Å²) >= 11 is 0. The number of unbranched alkanes of at least 4 members (excludes halogenated alkanes) is 1. The van der Waals surface area contributed by atoms with Crippen LogP contribution in [0, 0.1) is 17.8 Å². The van der Waals surface area contributed by atoms with Crippen molar-refractivity contribution < 1.29 is 4.74 Å². The molecule has 0 aromatic heterocycles. The molecule has 112 valence electrons. The third kappa shape index (κ3) is 13.7. The van der Waals surface area contributed by atoms with Gasteiger partial charge in [0.05, 0.1) is 0 Å². The van der Waals surface area contributed by atoms with Crippen LogP contribution in [0.1, 0.15) is 60.3 Å². The largest absolute Gasteiger partial charge is 0.381 e. The molecule has 0 aliphatic rings. The summed E-state index contributed by atoms with van der Waals surface area (Å²) in [4.78, 5) is 0. The van der Waals surface area contributed by atoms with E-state index in [1.165, 1.54) is 12.8 Å². The van der Waals surface area contributed by atoms with Crippen LogP contribution in [0.5, 0.6) is 0 Å². The van der Waals surface area contributed by atoms with Crippen molar-refractivity contribution in [1.29, 1.82) is 0 Å². The van der Waals surface area contributed by atoms with Gasteiger partial charge in [-0.15, -0.1) is 0 Å². The minimum absolute atomic E-state index is 0.631. The van der Waals surface area contributed by atoms with Gasteiger partial charge in [0.1, 0.15) is 0 Å². The second kappa shape index (κ2) is 12.5. The Labute approximate surface area is 121 Å². The third-order valence-electron chi connectivity index (χ3n) is 3.08. The van der Waals surface area contributed by atoms with Gasteiger partial charge < -0.3 is 4.74 Å². The average Bonchev–Trinajstić information content (AvgIpc) is 2.34. The first-order chi connectivity index (χ1) is 9.06. The molecule has 0 amide bonds. The number of ether oxygens (including phenoxy) is 1. The maximum absolute atomic E-state index is 5.64. The van der Waals surface area contributed by atoms with E-state index < -0.39 is 0 Å². The molecule has 1 heteroatoms. The highest BCUT2D eigenvalue weighted by atomic mass is 16.5. The van der Waals surface area contributed by atoms with Gasteiger partial charge >= 0.3 is 0 Å². The molecule has 0 bridgehead atoms. The molecular weight excluding hydrogens is 232 g/mol. The van der Waals surface area contributed by atoms with E-state index in [9.17, 15) is 0 Å². The van der Waals surface area contributed by atoms with Crippen molar-refractivity contribution in [1.82, 2.24) is 0 Å². The van der Waals surface area contributed by atoms with E-state index in [1.807, 2.05) is 0 Å². The number of allylic oxidation sites excluding steroid dienone is 4. The average molecular weight is 266 g/mol. The van der Waals surface area contributed by atoms with Crippen molar-refractivity contribution >= 4 is 0 Å². The van der Waals surface area contributed by atoms with Crippen molar-refractivity contribution in [2.45, 2.75) is 60.3 Å². The highest BCUT2D eigenvalue weighted by Crippen LogP contribution is 2.10. The van der Waals surface area contributed by atoms with Gasteiger partial charge in [0, 0.05) is 13.2 Å². The molecular formula is C18H34O. The molecule has 1 nitrogen and oxygen atoms in total. The van der Waals surface area contributed by atoms with E-state index in [-0.39, 0.29) is 0 Å². The van der Waals surface area contributed by atoms with Crippen molar-refractivity contribution in [2.75, 3.05) is 13.2 Å². The summed E-state index contributed by atoms with van der Waals surface area (Å²) in [6, 6.07) is 0. The molecule has 0 saturated heterocycles.